The smallest absolute Gasteiger partial charge is 0.251 e. The first-order valence-corrected chi connectivity index (χ1v) is 7.61. The van der Waals surface area contributed by atoms with Gasteiger partial charge in [-0.3, -0.25) is 4.79 Å². The molecule has 0 aliphatic heterocycles. The molecular formula is C16H25N3O. The summed E-state index contributed by atoms with van der Waals surface area (Å²) in [6, 6.07) is 3.99. The van der Waals surface area contributed by atoms with Crippen LogP contribution in [0, 0.1) is 12.8 Å². The maximum Gasteiger partial charge on any atom is 0.251 e. The largest absolute Gasteiger partial charge is 0.373 e. The van der Waals surface area contributed by atoms with Crippen LogP contribution in [0.15, 0.2) is 12.1 Å². The Kier molecular flexibility index (Phi) is 4.99. The molecule has 4 heteroatoms. The molecule has 2 N–H and O–H groups in total. The molecule has 2 rings (SSSR count). The van der Waals surface area contributed by atoms with E-state index in [1.807, 2.05) is 26.1 Å². The minimum atomic E-state index is 0.0253. The molecule has 1 fully saturated rings. The Balaban J connectivity index is 2.09. The maximum atomic E-state index is 12.4. The fourth-order valence-electron chi connectivity index (χ4n) is 3.07. The van der Waals surface area contributed by atoms with Gasteiger partial charge in [-0.1, -0.05) is 26.2 Å². The molecule has 0 aromatic carbocycles. The van der Waals surface area contributed by atoms with Crippen LogP contribution in [0.1, 0.15) is 55.1 Å². The van der Waals surface area contributed by atoms with Gasteiger partial charge in [-0.2, -0.15) is 0 Å². The lowest BCUT2D eigenvalue weighted by molar-refractivity contribution is 0.0904. The van der Waals surface area contributed by atoms with Crippen molar-refractivity contribution in [3.63, 3.8) is 0 Å². The summed E-state index contributed by atoms with van der Waals surface area (Å²) in [5, 5.41) is 6.22. The summed E-state index contributed by atoms with van der Waals surface area (Å²) in [5.41, 5.74) is 1.56. The molecule has 0 spiro atoms. The molecule has 1 saturated carbocycles. The van der Waals surface area contributed by atoms with Gasteiger partial charge in [0.05, 0.1) is 0 Å². The molecule has 2 unspecified atom stereocenters. The standard InChI is InChI=1S/C16H25N3O/c1-4-12-7-5-6-8-14(12)19-16(20)13-9-11(2)18-15(10-13)17-3/h9-10,12,14H,4-8H2,1-3H3,(H,17,18)(H,19,20). The molecular weight excluding hydrogens is 250 g/mol. The van der Waals surface area contributed by atoms with Crippen molar-refractivity contribution < 1.29 is 4.79 Å². The molecule has 2 atom stereocenters. The van der Waals surface area contributed by atoms with Gasteiger partial charge in [-0.15, -0.1) is 0 Å². The van der Waals surface area contributed by atoms with E-state index in [0.717, 1.165) is 24.4 Å². The zero-order valence-corrected chi connectivity index (χ0v) is 12.7. The van der Waals surface area contributed by atoms with E-state index in [-0.39, 0.29) is 5.91 Å². The van der Waals surface area contributed by atoms with Crippen molar-refractivity contribution in [2.45, 2.75) is 52.0 Å². The fourth-order valence-corrected chi connectivity index (χ4v) is 3.07. The van der Waals surface area contributed by atoms with Crippen LogP contribution >= 0.6 is 0 Å². The average Bonchev–Trinajstić information content (AvgIpc) is 2.47. The van der Waals surface area contributed by atoms with Crippen molar-refractivity contribution in [3.8, 4) is 0 Å². The summed E-state index contributed by atoms with van der Waals surface area (Å²) < 4.78 is 0. The summed E-state index contributed by atoms with van der Waals surface area (Å²) >= 11 is 0. The molecule has 0 saturated heterocycles. The van der Waals surface area contributed by atoms with E-state index in [4.69, 9.17) is 0 Å². The van der Waals surface area contributed by atoms with Crippen molar-refractivity contribution in [1.82, 2.24) is 10.3 Å². The molecule has 20 heavy (non-hydrogen) atoms. The van der Waals surface area contributed by atoms with Crippen LogP contribution in [0.3, 0.4) is 0 Å². The molecule has 4 nitrogen and oxygen atoms in total. The lowest BCUT2D eigenvalue weighted by Gasteiger charge is -2.31. The van der Waals surface area contributed by atoms with E-state index in [9.17, 15) is 4.79 Å². The van der Waals surface area contributed by atoms with Gasteiger partial charge in [0.2, 0.25) is 0 Å². The predicted molar refractivity (Wildman–Crippen MR) is 82.0 cm³/mol. The van der Waals surface area contributed by atoms with Crippen molar-refractivity contribution >= 4 is 11.7 Å². The van der Waals surface area contributed by atoms with Gasteiger partial charge >= 0.3 is 0 Å². The Morgan fingerprint density at radius 2 is 2.10 bits per heavy atom. The fraction of sp³-hybridized carbons (Fsp3) is 0.625. The van der Waals surface area contributed by atoms with Crippen LogP contribution in [0.5, 0.6) is 0 Å². The van der Waals surface area contributed by atoms with Crippen LogP contribution in [0.2, 0.25) is 0 Å². The zero-order valence-electron chi connectivity index (χ0n) is 12.7. The monoisotopic (exact) mass is 275 g/mol. The number of amides is 1. The number of anilines is 1. The maximum absolute atomic E-state index is 12.4. The quantitative estimate of drug-likeness (QED) is 0.887. The van der Waals surface area contributed by atoms with Crippen molar-refractivity contribution in [3.05, 3.63) is 23.4 Å². The van der Waals surface area contributed by atoms with Crippen LogP contribution < -0.4 is 10.6 Å². The molecule has 1 aliphatic carbocycles. The lowest BCUT2D eigenvalue weighted by Crippen LogP contribution is -2.42. The first-order valence-electron chi connectivity index (χ1n) is 7.61. The van der Waals surface area contributed by atoms with E-state index >= 15 is 0 Å². The lowest BCUT2D eigenvalue weighted by atomic mass is 9.83. The number of nitrogens with zero attached hydrogens (tertiary/aromatic N) is 1. The highest BCUT2D eigenvalue weighted by Gasteiger charge is 2.25. The highest BCUT2D eigenvalue weighted by atomic mass is 16.1. The molecule has 1 amide bonds. The highest BCUT2D eigenvalue weighted by Crippen LogP contribution is 2.27. The van der Waals surface area contributed by atoms with E-state index in [1.165, 1.54) is 19.3 Å². The number of nitrogens with one attached hydrogen (secondary N) is 2. The second-order valence-corrected chi connectivity index (χ2v) is 5.67. The van der Waals surface area contributed by atoms with Crippen LogP contribution in [-0.2, 0) is 0 Å². The van der Waals surface area contributed by atoms with Gasteiger partial charge in [0.25, 0.3) is 5.91 Å². The Bertz CT molecular complexity index is 473. The second kappa shape index (κ2) is 6.73. The highest BCUT2D eigenvalue weighted by molar-refractivity contribution is 5.95. The number of hydrogen-bond donors (Lipinski definition) is 2. The van der Waals surface area contributed by atoms with E-state index in [0.29, 0.717) is 17.5 Å². The van der Waals surface area contributed by atoms with Gasteiger partial charge in [0, 0.05) is 24.3 Å². The summed E-state index contributed by atoms with van der Waals surface area (Å²) in [4.78, 5) is 16.7. The molecule has 1 aromatic heterocycles. The summed E-state index contributed by atoms with van der Waals surface area (Å²) in [6.07, 6.45) is 6.00. The number of hydrogen-bond acceptors (Lipinski definition) is 3. The Labute approximate surface area is 121 Å². The number of carbonyl (C=O) groups excluding carboxylic acids is 1. The number of aryl methyl sites for hydroxylation is 1. The first kappa shape index (κ1) is 14.8. The molecule has 0 radical (unpaired) electrons. The third kappa shape index (κ3) is 3.50. The van der Waals surface area contributed by atoms with Gasteiger partial charge in [-0.25, -0.2) is 4.98 Å². The van der Waals surface area contributed by atoms with Crippen LogP contribution in [0.4, 0.5) is 5.82 Å². The SMILES string of the molecule is CCC1CCCCC1NC(=O)c1cc(C)nc(NC)c1. The Morgan fingerprint density at radius 3 is 2.80 bits per heavy atom. The Morgan fingerprint density at radius 1 is 1.35 bits per heavy atom. The Hall–Kier alpha value is -1.58. The first-order chi connectivity index (χ1) is 9.63. The van der Waals surface area contributed by atoms with Crippen molar-refractivity contribution in [2.24, 2.45) is 5.92 Å². The molecule has 0 bridgehead atoms. The second-order valence-electron chi connectivity index (χ2n) is 5.67. The normalized spacial score (nSPS) is 22.4. The molecule has 110 valence electrons. The molecule has 1 aliphatic rings. The van der Waals surface area contributed by atoms with Gasteiger partial charge in [-0.05, 0) is 37.8 Å². The van der Waals surface area contributed by atoms with Crippen LogP contribution in [0.25, 0.3) is 0 Å². The van der Waals surface area contributed by atoms with E-state index in [2.05, 4.69) is 22.5 Å². The number of rotatable bonds is 4. The minimum absolute atomic E-state index is 0.0253. The summed E-state index contributed by atoms with van der Waals surface area (Å²) in [7, 11) is 1.82. The molecule has 1 aromatic rings. The molecule has 1 heterocycles. The topological polar surface area (TPSA) is 54.0 Å². The van der Waals surface area contributed by atoms with Gasteiger partial charge in [0.15, 0.2) is 0 Å². The minimum Gasteiger partial charge on any atom is -0.373 e. The summed E-state index contributed by atoms with van der Waals surface area (Å²) in [6.45, 7) is 4.12. The van der Waals surface area contributed by atoms with Crippen molar-refractivity contribution in [1.29, 1.82) is 0 Å². The van der Waals surface area contributed by atoms with Crippen LogP contribution in [-0.4, -0.2) is 24.0 Å². The number of pyridine rings is 1. The average molecular weight is 275 g/mol. The third-order valence-corrected chi connectivity index (χ3v) is 4.22. The number of carbonyl (C=O) groups is 1. The predicted octanol–water partition coefficient (Wildman–Crippen LogP) is 3.13. The number of aromatic nitrogens is 1. The van der Waals surface area contributed by atoms with Gasteiger partial charge < -0.3 is 10.6 Å². The summed E-state index contributed by atoms with van der Waals surface area (Å²) in [5.74, 6) is 1.39. The van der Waals surface area contributed by atoms with Crippen molar-refractivity contribution in [2.75, 3.05) is 12.4 Å². The zero-order chi connectivity index (χ0) is 14.5. The van der Waals surface area contributed by atoms with E-state index < -0.39 is 0 Å². The third-order valence-electron chi connectivity index (χ3n) is 4.22. The van der Waals surface area contributed by atoms with E-state index in [1.54, 1.807) is 0 Å². The van der Waals surface area contributed by atoms with Gasteiger partial charge in [0.1, 0.15) is 5.82 Å².